The predicted molar refractivity (Wildman–Crippen MR) is 251 cm³/mol. The van der Waals surface area contributed by atoms with Crippen LogP contribution in [0.1, 0.15) is 76.3 Å². The van der Waals surface area contributed by atoms with Crippen molar-refractivity contribution in [3.63, 3.8) is 0 Å². The first kappa shape index (κ1) is 35.2. The van der Waals surface area contributed by atoms with Gasteiger partial charge in [-0.2, -0.15) is 0 Å². The monoisotopic (exact) mass is 765 g/mol. The van der Waals surface area contributed by atoms with Gasteiger partial charge in [-0.3, -0.25) is 0 Å². The second-order valence-electron chi connectivity index (χ2n) is 18.6. The predicted octanol–water partition coefficient (Wildman–Crippen LogP) is 16.3. The van der Waals surface area contributed by atoms with Crippen LogP contribution in [0.25, 0.3) is 64.3 Å². The molecule has 2 aliphatic carbocycles. The molecule has 0 spiro atoms. The molecule has 0 atom stereocenters. The topological polar surface area (TPSA) is 3.24 Å². The molecule has 8 aromatic carbocycles. The van der Waals surface area contributed by atoms with E-state index >= 15 is 0 Å². The van der Waals surface area contributed by atoms with Gasteiger partial charge in [-0.15, -0.1) is 11.3 Å². The van der Waals surface area contributed by atoms with Crippen LogP contribution in [0.2, 0.25) is 0 Å². The van der Waals surface area contributed by atoms with E-state index in [0.717, 1.165) is 11.4 Å². The molecular formula is C56H47NS. The normalized spacial score (nSPS) is 14.7. The van der Waals surface area contributed by atoms with E-state index in [1.165, 1.54) is 97.8 Å². The number of fused-ring (bicyclic) bond motifs is 10. The lowest BCUT2D eigenvalue weighted by molar-refractivity contribution is 0.591. The standard InChI is InChI=1S/C56H47NS/c1-54(2,3)36-22-26-43-44-27-23-38(33-52(44)58-51(43)31-36)57(37-24-28-48-45(32-37)41-17-11-13-19-47(41)55(48,4)5)50-29-21-34-14-8-9-15-39(34)53(50)35-20-25-42-40-16-10-12-18-46(40)56(6,7)49(42)30-35/h8-33H,1-7H3. The summed E-state index contributed by atoms with van der Waals surface area (Å²) in [7, 11) is 0. The van der Waals surface area contributed by atoms with Crippen molar-refractivity contribution in [2.24, 2.45) is 0 Å². The summed E-state index contributed by atoms with van der Waals surface area (Å²) in [6.07, 6.45) is 0. The van der Waals surface area contributed by atoms with Crippen molar-refractivity contribution in [2.45, 2.75) is 64.7 Å². The molecule has 0 aliphatic heterocycles. The maximum atomic E-state index is 2.54. The van der Waals surface area contributed by atoms with Crippen LogP contribution in [0, 0.1) is 0 Å². The first-order valence-electron chi connectivity index (χ1n) is 20.7. The molecule has 0 unspecified atom stereocenters. The number of thiophene rings is 1. The highest BCUT2D eigenvalue weighted by atomic mass is 32.1. The Morgan fingerprint density at radius 1 is 0.448 bits per heavy atom. The highest BCUT2D eigenvalue weighted by molar-refractivity contribution is 7.25. The SMILES string of the molecule is CC(C)(C)c1ccc2c(c1)sc1cc(N(c3ccc4c(c3)-c3ccccc3C4(C)C)c3ccc4ccccc4c3-c3ccc4c(c3)C(C)(C)c3ccccc3-4)ccc12. The van der Waals surface area contributed by atoms with Gasteiger partial charge in [0.1, 0.15) is 0 Å². The van der Waals surface area contributed by atoms with Crippen molar-refractivity contribution in [3.05, 3.63) is 186 Å². The van der Waals surface area contributed by atoms with Gasteiger partial charge in [0.25, 0.3) is 0 Å². The van der Waals surface area contributed by atoms with E-state index in [-0.39, 0.29) is 16.2 Å². The molecule has 0 N–H and O–H groups in total. The molecule has 0 saturated heterocycles. The van der Waals surface area contributed by atoms with Crippen LogP contribution in [-0.2, 0) is 16.2 Å². The van der Waals surface area contributed by atoms with E-state index < -0.39 is 0 Å². The fraction of sp³-hybridized carbons (Fsp3) is 0.179. The number of hydrogen-bond donors (Lipinski definition) is 0. The molecule has 282 valence electrons. The zero-order valence-electron chi connectivity index (χ0n) is 34.4. The molecular weight excluding hydrogens is 719 g/mol. The molecule has 0 saturated carbocycles. The van der Waals surface area contributed by atoms with Gasteiger partial charge in [0.15, 0.2) is 0 Å². The Morgan fingerprint density at radius 2 is 1.03 bits per heavy atom. The molecule has 0 fully saturated rings. The first-order chi connectivity index (χ1) is 27.9. The first-order valence-corrected chi connectivity index (χ1v) is 21.5. The molecule has 0 bridgehead atoms. The van der Waals surface area contributed by atoms with Crippen molar-refractivity contribution in [1.29, 1.82) is 0 Å². The van der Waals surface area contributed by atoms with E-state index in [1.54, 1.807) is 0 Å². The zero-order chi connectivity index (χ0) is 39.7. The third kappa shape index (κ3) is 5.07. The average Bonchev–Trinajstić information content (AvgIpc) is 3.79. The summed E-state index contributed by atoms with van der Waals surface area (Å²) in [6, 6.07) is 60.1. The molecule has 0 amide bonds. The fourth-order valence-corrected chi connectivity index (χ4v) is 11.4. The number of benzene rings is 8. The van der Waals surface area contributed by atoms with Crippen molar-refractivity contribution >= 4 is 59.3 Å². The Kier molecular flexibility index (Phi) is 7.45. The highest BCUT2D eigenvalue weighted by Gasteiger charge is 2.37. The van der Waals surface area contributed by atoms with Crippen LogP contribution < -0.4 is 4.90 Å². The van der Waals surface area contributed by atoms with Gasteiger partial charge in [0.2, 0.25) is 0 Å². The second-order valence-corrected chi connectivity index (χ2v) is 19.7. The van der Waals surface area contributed by atoms with Crippen LogP contribution >= 0.6 is 11.3 Å². The Hall–Kier alpha value is -5.96. The molecule has 0 radical (unpaired) electrons. The molecule has 2 heteroatoms. The number of rotatable bonds is 4. The van der Waals surface area contributed by atoms with Gasteiger partial charge in [0.05, 0.1) is 5.69 Å². The third-order valence-corrected chi connectivity index (χ3v) is 14.5. The molecule has 1 aromatic heterocycles. The van der Waals surface area contributed by atoms with Gasteiger partial charge < -0.3 is 4.90 Å². The third-order valence-electron chi connectivity index (χ3n) is 13.4. The summed E-state index contributed by atoms with van der Waals surface area (Å²) in [5, 5.41) is 5.13. The van der Waals surface area contributed by atoms with Crippen LogP contribution in [0.4, 0.5) is 17.1 Å². The van der Waals surface area contributed by atoms with Crippen LogP contribution in [0.15, 0.2) is 158 Å². The largest absolute Gasteiger partial charge is 0.310 e. The van der Waals surface area contributed by atoms with Gasteiger partial charge in [-0.1, -0.05) is 164 Å². The summed E-state index contributed by atoms with van der Waals surface area (Å²) >= 11 is 1.91. The van der Waals surface area contributed by atoms with Gasteiger partial charge in [0, 0.05) is 47.9 Å². The summed E-state index contributed by atoms with van der Waals surface area (Å²) in [5.41, 5.74) is 18.2. The molecule has 1 heterocycles. The minimum absolute atomic E-state index is 0.0694. The van der Waals surface area contributed by atoms with Gasteiger partial charge in [-0.25, -0.2) is 0 Å². The smallest absolute Gasteiger partial charge is 0.0546 e. The Bertz CT molecular complexity index is 3170. The van der Waals surface area contributed by atoms with Crippen LogP contribution in [-0.4, -0.2) is 0 Å². The Morgan fingerprint density at radius 3 is 1.79 bits per heavy atom. The number of anilines is 3. The molecule has 11 rings (SSSR count). The maximum absolute atomic E-state index is 2.54. The summed E-state index contributed by atoms with van der Waals surface area (Å²) in [5.74, 6) is 0. The molecule has 9 aromatic rings. The minimum atomic E-state index is -0.106. The van der Waals surface area contributed by atoms with E-state index in [2.05, 4.69) is 211 Å². The maximum Gasteiger partial charge on any atom is 0.0546 e. The lowest BCUT2D eigenvalue weighted by atomic mass is 9.81. The van der Waals surface area contributed by atoms with Gasteiger partial charge in [-0.05, 0) is 114 Å². The Balaban J connectivity index is 1.18. The van der Waals surface area contributed by atoms with E-state index in [4.69, 9.17) is 0 Å². The molecule has 2 aliphatic rings. The summed E-state index contributed by atoms with van der Waals surface area (Å²) < 4.78 is 2.64. The lowest BCUT2D eigenvalue weighted by Gasteiger charge is -2.30. The zero-order valence-corrected chi connectivity index (χ0v) is 35.2. The average molecular weight is 766 g/mol. The fourth-order valence-electron chi connectivity index (χ4n) is 10.3. The van der Waals surface area contributed by atoms with Crippen LogP contribution in [0.5, 0.6) is 0 Å². The van der Waals surface area contributed by atoms with E-state index in [0.29, 0.717) is 0 Å². The van der Waals surface area contributed by atoms with Crippen molar-refractivity contribution in [1.82, 2.24) is 0 Å². The Labute approximate surface area is 346 Å². The summed E-state index contributed by atoms with van der Waals surface area (Å²) in [6.45, 7) is 16.4. The molecule has 58 heavy (non-hydrogen) atoms. The van der Waals surface area contributed by atoms with E-state index in [1.807, 2.05) is 11.3 Å². The minimum Gasteiger partial charge on any atom is -0.310 e. The van der Waals surface area contributed by atoms with Crippen molar-refractivity contribution < 1.29 is 0 Å². The van der Waals surface area contributed by atoms with Crippen molar-refractivity contribution in [3.8, 4) is 33.4 Å². The second kappa shape index (κ2) is 12.3. The van der Waals surface area contributed by atoms with E-state index in [9.17, 15) is 0 Å². The van der Waals surface area contributed by atoms with Gasteiger partial charge >= 0.3 is 0 Å². The highest BCUT2D eigenvalue weighted by Crippen LogP contribution is 2.54. The quantitative estimate of drug-likeness (QED) is 0.172. The summed E-state index contributed by atoms with van der Waals surface area (Å²) in [4.78, 5) is 2.54. The number of nitrogens with zero attached hydrogens (tertiary/aromatic N) is 1. The van der Waals surface area contributed by atoms with Crippen LogP contribution in [0.3, 0.4) is 0 Å². The lowest BCUT2D eigenvalue weighted by Crippen LogP contribution is -2.16. The molecule has 1 nitrogen and oxygen atoms in total. The number of hydrogen-bond acceptors (Lipinski definition) is 2. The van der Waals surface area contributed by atoms with Crippen molar-refractivity contribution in [2.75, 3.05) is 4.90 Å².